The molecule has 0 fully saturated rings. The number of aromatic nitrogens is 2. The summed E-state index contributed by atoms with van der Waals surface area (Å²) >= 11 is 0. The average molecular weight is 356 g/mol. The van der Waals surface area contributed by atoms with Crippen molar-refractivity contribution >= 4 is 11.6 Å². The van der Waals surface area contributed by atoms with Crippen LogP contribution in [0, 0.1) is 5.92 Å². The van der Waals surface area contributed by atoms with E-state index < -0.39 is 11.6 Å². The minimum Gasteiger partial charge on any atom is -0.424 e. The van der Waals surface area contributed by atoms with Crippen molar-refractivity contribution in [3.8, 4) is 11.8 Å². The number of anilines is 1. The van der Waals surface area contributed by atoms with Gasteiger partial charge in [0, 0.05) is 5.56 Å². The third kappa shape index (κ3) is 3.68. The molecule has 1 aliphatic heterocycles. The Labute approximate surface area is 152 Å². The van der Waals surface area contributed by atoms with Gasteiger partial charge in [-0.25, -0.2) is 9.97 Å². The van der Waals surface area contributed by atoms with Crippen molar-refractivity contribution in [2.75, 3.05) is 5.32 Å². The minimum absolute atomic E-state index is 0.0456. The molecule has 0 spiro atoms. The van der Waals surface area contributed by atoms with Gasteiger partial charge >= 0.3 is 6.01 Å². The topological polar surface area (TPSA) is 99.4 Å². The molecule has 0 aliphatic carbocycles. The Bertz CT molecular complexity index is 803. The number of nitrogens with two attached hydrogens (primary N) is 1. The Balaban J connectivity index is 1.74. The van der Waals surface area contributed by atoms with E-state index in [0.29, 0.717) is 18.0 Å². The number of amides is 1. The van der Waals surface area contributed by atoms with E-state index in [0.717, 1.165) is 11.1 Å². The lowest BCUT2D eigenvalue weighted by molar-refractivity contribution is -0.118. The zero-order valence-corrected chi connectivity index (χ0v) is 15.4. The Kier molecular flexibility index (Phi) is 4.93. The van der Waals surface area contributed by atoms with Crippen LogP contribution in [0.4, 0.5) is 5.69 Å². The first kappa shape index (κ1) is 18.3. The van der Waals surface area contributed by atoms with E-state index in [1.165, 1.54) is 12.4 Å². The van der Waals surface area contributed by atoms with E-state index in [4.69, 9.17) is 15.2 Å². The zero-order chi connectivity index (χ0) is 18.9. The lowest BCUT2D eigenvalue weighted by atomic mass is 9.95. The molecule has 1 aromatic carbocycles. The molecule has 0 radical (unpaired) electrons. The van der Waals surface area contributed by atoms with Crippen LogP contribution < -0.4 is 15.8 Å². The van der Waals surface area contributed by atoms with Crippen LogP contribution in [0.5, 0.6) is 11.8 Å². The van der Waals surface area contributed by atoms with Crippen LogP contribution >= 0.6 is 0 Å². The molecule has 0 saturated carbocycles. The molecule has 1 amide bonds. The summed E-state index contributed by atoms with van der Waals surface area (Å²) in [6.07, 6.45) is 3.00. The van der Waals surface area contributed by atoms with Crippen molar-refractivity contribution < 1.29 is 14.3 Å². The third-order valence-electron chi connectivity index (χ3n) is 4.42. The fourth-order valence-corrected chi connectivity index (χ4v) is 2.86. The Morgan fingerprint density at radius 3 is 2.65 bits per heavy atom. The summed E-state index contributed by atoms with van der Waals surface area (Å²) in [5, 5.41) is 2.70. The van der Waals surface area contributed by atoms with E-state index in [2.05, 4.69) is 15.3 Å². The molecule has 0 bridgehead atoms. The summed E-state index contributed by atoms with van der Waals surface area (Å²) in [5.74, 6) is 0.449. The summed E-state index contributed by atoms with van der Waals surface area (Å²) in [4.78, 5) is 20.3. The van der Waals surface area contributed by atoms with Crippen LogP contribution in [0.25, 0.3) is 0 Å². The molecular weight excluding hydrogens is 332 g/mol. The van der Waals surface area contributed by atoms with Gasteiger partial charge in [0.1, 0.15) is 5.75 Å². The molecule has 138 valence electrons. The number of carbonyl (C=O) groups excluding carboxylic acids is 1. The maximum absolute atomic E-state index is 12.0. The average Bonchev–Trinajstić information content (AvgIpc) is 2.92. The maximum atomic E-state index is 12.0. The summed E-state index contributed by atoms with van der Waals surface area (Å²) in [6.45, 7) is 8.34. The van der Waals surface area contributed by atoms with Crippen molar-refractivity contribution in [2.24, 2.45) is 11.7 Å². The van der Waals surface area contributed by atoms with Gasteiger partial charge in [-0.05, 0) is 31.4 Å². The number of benzene rings is 1. The number of nitrogens with zero attached hydrogens (tertiary/aromatic N) is 2. The van der Waals surface area contributed by atoms with Gasteiger partial charge < -0.3 is 20.5 Å². The van der Waals surface area contributed by atoms with Gasteiger partial charge in [0.25, 0.3) is 0 Å². The van der Waals surface area contributed by atoms with Crippen molar-refractivity contribution in [3.05, 3.63) is 41.7 Å². The highest BCUT2D eigenvalue weighted by atomic mass is 16.5. The molecule has 2 heterocycles. The second-order valence-electron chi connectivity index (χ2n) is 7.20. The highest BCUT2D eigenvalue weighted by Crippen LogP contribution is 2.42. The van der Waals surface area contributed by atoms with Gasteiger partial charge in [0.2, 0.25) is 5.91 Å². The Morgan fingerprint density at radius 2 is 2.00 bits per heavy atom. The van der Waals surface area contributed by atoms with E-state index >= 15 is 0 Å². The predicted octanol–water partition coefficient (Wildman–Crippen LogP) is 2.96. The first-order valence-electron chi connectivity index (χ1n) is 8.60. The van der Waals surface area contributed by atoms with Crippen LogP contribution in [0.15, 0.2) is 30.6 Å². The Hall–Kier alpha value is -2.51. The predicted molar refractivity (Wildman–Crippen MR) is 97.8 cm³/mol. The SMILES string of the molecule is CC(C)C(N)C(=O)Nc1cnc(Oc2cccc3c2C(C)(C)OC3)nc1. The molecule has 0 saturated heterocycles. The fourth-order valence-electron chi connectivity index (χ4n) is 2.86. The molecular formula is C19H24N4O3. The van der Waals surface area contributed by atoms with Crippen molar-refractivity contribution in [1.82, 2.24) is 9.97 Å². The smallest absolute Gasteiger partial charge is 0.322 e. The van der Waals surface area contributed by atoms with Crippen LogP contribution in [0.3, 0.4) is 0 Å². The quantitative estimate of drug-likeness (QED) is 0.854. The van der Waals surface area contributed by atoms with Gasteiger partial charge in [0.05, 0.1) is 36.3 Å². The van der Waals surface area contributed by atoms with Crippen molar-refractivity contribution in [1.29, 1.82) is 0 Å². The Morgan fingerprint density at radius 1 is 1.31 bits per heavy atom. The number of carbonyl (C=O) groups is 1. The van der Waals surface area contributed by atoms with Gasteiger partial charge in [0.15, 0.2) is 0 Å². The van der Waals surface area contributed by atoms with Crippen LogP contribution in [-0.2, 0) is 21.7 Å². The van der Waals surface area contributed by atoms with Crippen molar-refractivity contribution in [3.63, 3.8) is 0 Å². The molecule has 3 rings (SSSR count). The summed E-state index contributed by atoms with van der Waals surface area (Å²) in [5.41, 5.74) is 7.98. The highest BCUT2D eigenvalue weighted by Gasteiger charge is 2.34. The molecule has 2 aromatic rings. The number of hydrogen-bond acceptors (Lipinski definition) is 6. The molecule has 7 nitrogen and oxygen atoms in total. The number of fused-ring (bicyclic) bond motifs is 1. The minimum atomic E-state index is -0.583. The van der Waals surface area contributed by atoms with E-state index in [-0.39, 0.29) is 17.8 Å². The molecule has 7 heteroatoms. The zero-order valence-electron chi connectivity index (χ0n) is 15.4. The first-order valence-corrected chi connectivity index (χ1v) is 8.60. The summed E-state index contributed by atoms with van der Waals surface area (Å²) < 4.78 is 11.7. The summed E-state index contributed by atoms with van der Waals surface area (Å²) in [6, 6.07) is 5.43. The number of ether oxygens (including phenoxy) is 2. The number of hydrogen-bond donors (Lipinski definition) is 2. The lowest BCUT2D eigenvalue weighted by Crippen LogP contribution is -2.39. The van der Waals surface area contributed by atoms with Crippen LogP contribution in [-0.4, -0.2) is 21.9 Å². The maximum Gasteiger partial charge on any atom is 0.322 e. The van der Waals surface area contributed by atoms with Crippen molar-refractivity contribution in [2.45, 2.75) is 45.9 Å². The molecule has 26 heavy (non-hydrogen) atoms. The van der Waals surface area contributed by atoms with Gasteiger partial charge in [-0.1, -0.05) is 26.0 Å². The molecule has 1 aliphatic rings. The fraction of sp³-hybridized carbons (Fsp3) is 0.421. The number of nitrogens with one attached hydrogen (secondary N) is 1. The third-order valence-corrected chi connectivity index (χ3v) is 4.42. The van der Waals surface area contributed by atoms with Gasteiger partial charge in [-0.3, -0.25) is 4.79 Å². The largest absolute Gasteiger partial charge is 0.424 e. The summed E-state index contributed by atoms with van der Waals surface area (Å²) in [7, 11) is 0. The molecule has 3 N–H and O–H groups in total. The lowest BCUT2D eigenvalue weighted by Gasteiger charge is -2.20. The monoisotopic (exact) mass is 356 g/mol. The highest BCUT2D eigenvalue weighted by molar-refractivity contribution is 5.94. The second kappa shape index (κ2) is 7.01. The van der Waals surface area contributed by atoms with Crippen LogP contribution in [0.1, 0.15) is 38.8 Å². The first-order chi connectivity index (χ1) is 12.3. The van der Waals surface area contributed by atoms with Gasteiger partial charge in [-0.15, -0.1) is 0 Å². The second-order valence-corrected chi connectivity index (χ2v) is 7.20. The molecule has 1 unspecified atom stereocenters. The molecule has 1 aromatic heterocycles. The number of rotatable bonds is 5. The van der Waals surface area contributed by atoms with E-state index in [1.807, 2.05) is 45.9 Å². The molecule has 1 atom stereocenters. The normalized spacial score (nSPS) is 16.2. The van der Waals surface area contributed by atoms with E-state index in [9.17, 15) is 4.79 Å². The van der Waals surface area contributed by atoms with Gasteiger partial charge in [-0.2, -0.15) is 0 Å². The van der Waals surface area contributed by atoms with E-state index in [1.54, 1.807) is 0 Å². The van der Waals surface area contributed by atoms with Crippen LogP contribution in [0.2, 0.25) is 0 Å². The standard InChI is InChI=1S/C19H24N4O3/c1-11(2)16(20)17(24)23-13-8-21-18(22-9-13)26-14-7-5-6-12-10-25-19(3,4)15(12)14/h5-9,11,16H,10,20H2,1-4H3,(H,23,24).